The molecule has 0 aliphatic rings. The van der Waals surface area contributed by atoms with Crippen molar-refractivity contribution in [3.63, 3.8) is 0 Å². The number of hydrogen-bond acceptors (Lipinski definition) is 2. The fourth-order valence-corrected chi connectivity index (χ4v) is 4.86. The second-order valence-corrected chi connectivity index (χ2v) is 8.83. The Morgan fingerprint density at radius 2 is 1.64 bits per heavy atom. The summed E-state index contributed by atoms with van der Waals surface area (Å²) in [6.45, 7) is 9.80. The highest BCUT2D eigenvalue weighted by Crippen LogP contribution is 2.24. The van der Waals surface area contributed by atoms with E-state index in [1.807, 2.05) is 0 Å². The van der Waals surface area contributed by atoms with Gasteiger partial charge < -0.3 is 10.2 Å². The molecule has 0 aliphatic carbocycles. The van der Waals surface area contributed by atoms with Crippen molar-refractivity contribution in [1.29, 1.82) is 0 Å². The highest BCUT2D eigenvalue weighted by atomic mass is 28.4. The Morgan fingerprint density at radius 1 is 1.14 bits per heavy atom. The summed E-state index contributed by atoms with van der Waals surface area (Å²) in [7, 11) is -1.37. The van der Waals surface area contributed by atoms with Crippen LogP contribution in [0.5, 0.6) is 0 Å². The molecule has 0 spiro atoms. The standard InChI is InChI=1S/C11H27NOSi/c1-5-14(6-2,7-3)13-11(4)9-8-10-12/h11H,5-10,12H2,1-4H3. The lowest BCUT2D eigenvalue weighted by Gasteiger charge is -2.31. The monoisotopic (exact) mass is 217 g/mol. The van der Waals surface area contributed by atoms with Crippen LogP contribution in [-0.2, 0) is 4.43 Å². The van der Waals surface area contributed by atoms with Gasteiger partial charge in [0.1, 0.15) is 0 Å². The molecule has 1 atom stereocenters. The van der Waals surface area contributed by atoms with Gasteiger partial charge >= 0.3 is 0 Å². The molecule has 1 unspecified atom stereocenters. The zero-order valence-corrected chi connectivity index (χ0v) is 11.3. The second kappa shape index (κ2) is 7.43. The van der Waals surface area contributed by atoms with E-state index in [2.05, 4.69) is 27.7 Å². The van der Waals surface area contributed by atoms with Gasteiger partial charge in [0.05, 0.1) is 0 Å². The summed E-state index contributed by atoms with van der Waals surface area (Å²) in [6, 6.07) is 3.73. The summed E-state index contributed by atoms with van der Waals surface area (Å²) < 4.78 is 6.27. The Morgan fingerprint density at radius 3 is 2.00 bits per heavy atom. The van der Waals surface area contributed by atoms with Crippen LogP contribution in [0.1, 0.15) is 40.5 Å². The molecule has 0 aromatic carbocycles. The third-order valence-corrected chi connectivity index (χ3v) is 7.97. The van der Waals surface area contributed by atoms with E-state index in [1.165, 1.54) is 18.1 Å². The van der Waals surface area contributed by atoms with Crippen LogP contribution in [0.4, 0.5) is 0 Å². The van der Waals surface area contributed by atoms with Crippen LogP contribution in [0.3, 0.4) is 0 Å². The minimum Gasteiger partial charge on any atom is -0.414 e. The Hall–Kier alpha value is 0.137. The minimum absolute atomic E-state index is 0.407. The SMILES string of the molecule is CC[Si](CC)(CC)OC(C)CCCN. The van der Waals surface area contributed by atoms with Crippen molar-refractivity contribution < 1.29 is 4.43 Å². The molecule has 0 rings (SSSR count). The van der Waals surface area contributed by atoms with Gasteiger partial charge in [-0.05, 0) is 44.4 Å². The van der Waals surface area contributed by atoms with Crippen LogP contribution in [0, 0.1) is 0 Å². The van der Waals surface area contributed by atoms with Gasteiger partial charge in [-0.2, -0.15) is 0 Å². The van der Waals surface area contributed by atoms with E-state index in [4.69, 9.17) is 10.2 Å². The normalized spacial score (nSPS) is 14.4. The maximum Gasteiger partial charge on any atom is 0.192 e. The molecule has 0 saturated heterocycles. The topological polar surface area (TPSA) is 35.2 Å². The molecule has 0 fully saturated rings. The molecule has 2 nitrogen and oxygen atoms in total. The smallest absolute Gasteiger partial charge is 0.192 e. The molecular weight excluding hydrogens is 190 g/mol. The summed E-state index contributed by atoms with van der Waals surface area (Å²) in [5.74, 6) is 0. The molecule has 0 heterocycles. The van der Waals surface area contributed by atoms with E-state index >= 15 is 0 Å². The number of rotatable bonds is 8. The van der Waals surface area contributed by atoms with Crippen molar-refractivity contribution in [2.24, 2.45) is 5.73 Å². The molecule has 14 heavy (non-hydrogen) atoms. The predicted molar refractivity (Wildman–Crippen MR) is 66.0 cm³/mol. The molecule has 0 bridgehead atoms. The van der Waals surface area contributed by atoms with Gasteiger partial charge in [-0.15, -0.1) is 0 Å². The molecule has 0 aromatic rings. The van der Waals surface area contributed by atoms with E-state index in [0.717, 1.165) is 19.4 Å². The zero-order valence-electron chi connectivity index (χ0n) is 10.3. The van der Waals surface area contributed by atoms with Crippen molar-refractivity contribution in [3.8, 4) is 0 Å². The molecule has 86 valence electrons. The molecule has 3 heteroatoms. The number of nitrogens with two attached hydrogens (primary N) is 1. The van der Waals surface area contributed by atoms with E-state index in [-0.39, 0.29) is 0 Å². The molecule has 0 saturated carbocycles. The fourth-order valence-electron chi connectivity index (χ4n) is 1.89. The van der Waals surface area contributed by atoms with Gasteiger partial charge in [0.2, 0.25) is 0 Å². The van der Waals surface area contributed by atoms with Crippen molar-refractivity contribution in [2.45, 2.75) is 64.8 Å². The van der Waals surface area contributed by atoms with E-state index < -0.39 is 8.32 Å². The Balaban J connectivity index is 4.01. The van der Waals surface area contributed by atoms with Gasteiger partial charge in [0.15, 0.2) is 8.32 Å². The average molecular weight is 217 g/mol. The second-order valence-electron chi connectivity index (χ2n) is 4.10. The van der Waals surface area contributed by atoms with Gasteiger partial charge in [-0.3, -0.25) is 0 Å². The van der Waals surface area contributed by atoms with Crippen molar-refractivity contribution in [1.82, 2.24) is 0 Å². The summed E-state index contributed by atoms with van der Waals surface area (Å²) >= 11 is 0. The lowest BCUT2D eigenvalue weighted by atomic mass is 10.2. The van der Waals surface area contributed by atoms with Gasteiger partial charge in [0, 0.05) is 6.10 Å². The fraction of sp³-hybridized carbons (Fsp3) is 1.00. The average Bonchev–Trinajstić information content (AvgIpc) is 2.23. The quantitative estimate of drug-likeness (QED) is 0.634. The van der Waals surface area contributed by atoms with Crippen LogP contribution in [0.2, 0.25) is 18.1 Å². The summed E-state index contributed by atoms with van der Waals surface area (Å²) in [5, 5.41) is 0. The third-order valence-electron chi connectivity index (χ3n) is 3.20. The highest BCUT2D eigenvalue weighted by molar-refractivity contribution is 6.73. The predicted octanol–water partition coefficient (Wildman–Crippen LogP) is 3.14. The van der Waals surface area contributed by atoms with E-state index in [9.17, 15) is 0 Å². The van der Waals surface area contributed by atoms with Crippen LogP contribution in [0.15, 0.2) is 0 Å². The Kier molecular flexibility index (Phi) is 7.50. The lowest BCUT2D eigenvalue weighted by molar-refractivity contribution is 0.193. The van der Waals surface area contributed by atoms with Gasteiger partial charge in [0.25, 0.3) is 0 Å². The first-order valence-corrected chi connectivity index (χ1v) is 8.55. The molecule has 0 amide bonds. The summed E-state index contributed by atoms with van der Waals surface area (Å²) in [4.78, 5) is 0. The van der Waals surface area contributed by atoms with Crippen LogP contribution in [0.25, 0.3) is 0 Å². The van der Waals surface area contributed by atoms with Gasteiger partial charge in [-0.25, -0.2) is 0 Å². The summed E-state index contributed by atoms with van der Waals surface area (Å²) in [6.07, 6.45) is 2.61. The van der Waals surface area contributed by atoms with Crippen molar-refractivity contribution in [2.75, 3.05) is 6.54 Å². The third kappa shape index (κ3) is 4.58. The first kappa shape index (κ1) is 14.1. The number of hydrogen-bond donors (Lipinski definition) is 1. The zero-order chi connectivity index (χ0) is 11.0. The lowest BCUT2D eigenvalue weighted by Crippen LogP contribution is -2.39. The molecule has 0 aromatic heterocycles. The first-order chi connectivity index (χ1) is 6.64. The van der Waals surface area contributed by atoms with Crippen molar-refractivity contribution in [3.05, 3.63) is 0 Å². The van der Waals surface area contributed by atoms with Crippen LogP contribution >= 0.6 is 0 Å². The van der Waals surface area contributed by atoms with Crippen LogP contribution in [-0.4, -0.2) is 21.0 Å². The molecule has 0 radical (unpaired) electrons. The van der Waals surface area contributed by atoms with E-state index in [1.54, 1.807) is 0 Å². The first-order valence-electron chi connectivity index (χ1n) is 6.02. The Bertz CT molecular complexity index is 129. The van der Waals surface area contributed by atoms with E-state index in [0.29, 0.717) is 6.10 Å². The molecular formula is C11H27NOSi. The summed E-state index contributed by atoms with van der Waals surface area (Å²) in [5.41, 5.74) is 5.49. The van der Waals surface area contributed by atoms with Crippen LogP contribution < -0.4 is 5.73 Å². The maximum atomic E-state index is 6.27. The van der Waals surface area contributed by atoms with Gasteiger partial charge in [-0.1, -0.05) is 20.8 Å². The van der Waals surface area contributed by atoms with Crippen molar-refractivity contribution >= 4 is 8.32 Å². The maximum absolute atomic E-state index is 6.27. The molecule has 0 aliphatic heterocycles. The Labute approximate surface area is 90.3 Å². The largest absolute Gasteiger partial charge is 0.414 e. The highest BCUT2D eigenvalue weighted by Gasteiger charge is 2.30. The minimum atomic E-state index is -1.37. The molecule has 2 N–H and O–H groups in total.